The van der Waals surface area contributed by atoms with Crippen LogP contribution in [0.2, 0.25) is 0 Å². The Balaban J connectivity index is 1.75. The first kappa shape index (κ1) is 14.9. The van der Waals surface area contributed by atoms with Crippen LogP contribution in [0.15, 0.2) is 18.2 Å². The first-order valence-corrected chi connectivity index (χ1v) is 7.03. The molecule has 110 valence electrons. The number of hydrogen-bond donors (Lipinski definition) is 1. The molecule has 1 aromatic rings. The molecule has 5 heteroatoms. The summed E-state index contributed by atoms with van der Waals surface area (Å²) in [4.78, 5) is 13.8. The zero-order chi connectivity index (χ0) is 14.5. The predicted octanol–water partition coefficient (Wildman–Crippen LogP) is 2.24. The molecule has 3 nitrogen and oxygen atoms in total. The number of likely N-dealkylation sites (tertiary alicyclic amines) is 1. The van der Waals surface area contributed by atoms with Crippen LogP contribution in [-0.2, 0) is 11.2 Å². The number of benzene rings is 1. The second-order valence-corrected chi connectivity index (χ2v) is 5.32. The lowest BCUT2D eigenvalue weighted by atomic mass is 10.0. The van der Waals surface area contributed by atoms with Crippen molar-refractivity contribution >= 4 is 5.91 Å². The first-order valence-electron chi connectivity index (χ1n) is 7.03. The van der Waals surface area contributed by atoms with Crippen molar-refractivity contribution < 1.29 is 13.6 Å². The molecule has 1 aromatic carbocycles. The van der Waals surface area contributed by atoms with Gasteiger partial charge in [0.1, 0.15) is 0 Å². The lowest BCUT2D eigenvalue weighted by Crippen LogP contribution is -2.42. The zero-order valence-corrected chi connectivity index (χ0v) is 11.4. The molecular weight excluding hydrogens is 262 g/mol. The minimum absolute atomic E-state index is 0.125. The number of nitrogens with two attached hydrogens (primary N) is 1. The summed E-state index contributed by atoms with van der Waals surface area (Å²) in [7, 11) is 0. The topological polar surface area (TPSA) is 46.3 Å². The molecule has 1 saturated heterocycles. The molecule has 1 fully saturated rings. The van der Waals surface area contributed by atoms with Gasteiger partial charge in [0.2, 0.25) is 5.91 Å². The zero-order valence-electron chi connectivity index (χ0n) is 11.4. The Morgan fingerprint density at radius 2 is 1.95 bits per heavy atom. The van der Waals surface area contributed by atoms with Gasteiger partial charge in [-0.25, -0.2) is 8.78 Å². The maximum atomic E-state index is 13.0. The van der Waals surface area contributed by atoms with Crippen molar-refractivity contribution in [2.75, 3.05) is 13.1 Å². The van der Waals surface area contributed by atoms with Gasteiger partial charge in [-0.2, -0.15) is 0 Å². The van der Waals surface area contributed by atoms with Crippen molar-refractivity contribution in [1.82, 2.24) is 4.90 Å². The first-order chi connectivity index (χ1) is 9.56. The molecule has 1 heterocycles. The average molecular weight is 282 g/mol. The van der Waals surface area contributed by atoms with Crippen molar-refractivity contribution in [2.45, 2.75) is 38.1 Å². The van der Waals surface area contributed by atoms with Crippen LogP contribution in [0.25, 0.3) is 0 Å². The fourth-order valence-electron chi connectivity index (χ4n) is 2.45. The van der Waals surface area contributed by atoms with Crippen LogP contribution in [0.3, 0.4) is 0 Å². The van der Waals surface area contributed by atoms with Gasteiger partial charge in [-0.05, 0) is 43.4 Å². The van der Waals surface area contributed by atoms with Crippen LogP contribution in [0.1, 0.15) is 31.2 Å². The molecule has 1 amide bonds. The van der Waals surface area contributed by atoms with Gasteiger partial charge in [0.15, 0.2) is 11.6 Å². The van der Waals surface area contributed by atoms with E-state index in [1.54, 1.807) is 6.07 Å². The summed E-state index contributed by atoms with van der Waals surface area (Å²) in [5.74, 6) is -1.55. The molecule has 2 N–H and O–H groups in total. The predicted molar refractivity (Wildman–Crippen MR) is 73.1 cm³/mol. The largest absolute Gasteiger partial charge is 0.343 e. The van der Waals surface area contributed by atoms with E-state index in [4.69, 9.17) is 5.73 Å². The third-order valence-electron chi connectivity index (χ3n) is 3.73. The lowest BCUT2D eigenvalue weighted by molar-refractivity contribution is -0.132. The van der Waals surface area contributed by atoms with Crippen molar-refractivity contribution in [3.05, 3.63) is 35.4 Å². The third kappa shape index (κ3) is 4.00. The highest BCUT2D eigenvalue weighted by Crippen LogP contribution is 2.13. The number of aryl methyl sites for hydroxylation is 1. The monoisotopic (exact) mass is 282 g/mol. The van der Waals surface area contributed by atoms with Crippen molar-refractivity contribution in [1.29, 1.82) is 0 Å². The maximum absolute atomic E-state index is 13.0. The molecule has 0 aliphatic carbocycles. The van der Waals surface area contributed by atoms with Crippen LogP contribution in [-0.4, -0.2) is 29.9 Å². The van der Waals surface area contributed by atoms with E-state index in [0.29, 0.717) is 19.3 Å². The van der Waals surface area contributed by atoms with Gasteiger partial charge in [-0.15, -0.1) is 0 Å². The van der Waals surface area contributed by atoms with Crippen LogP contribution in [0.5, 0.6) is 0 Å². The van der Waals surface area contributed by atoms with Crippen LogP contribution >= 0.6 is 0 Å². The number of rotatable bonds is 4. The molecule has 1 aliphatic rings. The minimum Gasteiger partial charge on any atom is -0.343 e. The smallest absolute Gasteiger partial charge is 0.222 e. The SMILES string of the molecule is NC1CCN(C(=O)CCCc2ccc(F)c(F)c2)CC1. The number of amides is 1. The van der Waals surface area contributed by atoms with E-state index in [0.717, 1.165) is 37.6 Å². The Kier molecular flexibility index (Phi) is 5.06. The summed E-state index contributed by atoms with van der Waals surface area (Å²) < 4.78 is 25.8. The van der Waals surface area contributed by atoms with Crippen LogP contribution < -0.4 is 5.73 Å². The van der Waals surface area contributed by atoms with E-state index in [1.807, 2.05) is 4.90 Å². The molecular formula is C15H20F2N2O. The standard InChI is InChI=1S/C15H20F2N2O/c16-13-5-4-11(10-14(13)17)2-1-3-15(20)19-8-6-12(18)7-9-19/h4-5,10,12H,1-3,6-9,18H2. The van der Waals surface area contributed by atoms with Gasteiger partial charge in [0, 0.05) is 25.6 Å². The average Bonchev–Trinajstić information content (AvgIpc) is 2.43. The number of hydrogen-bond acceptors (Lipinski definition) is 2. The van der Waals surface area contributed by atoms with E-state index >= 15 is 0 Å². The van der Waals surface area contributed by atoms with Crippen LogP contribution in [0.4, 0.5) is 8.78 Å². The number of carbonyl (C=O) groups is 1. The normalized spacial score (nSPS) is 16.4. The quantitative estimate of drug-likeness (QED) is 0.920. The highest BCUT2D eigenvalue weighted by atomic mass is 19.2. The maximum Gasteiger partial charge on any atom is 0.222 e. The highest BCUT2D eigenvalue weighted by molar-refractivity contribution is 5.76. The van der Waals surface area contributed by atoms with Gasteiger partial charge >= 0.3 is 0 Å². The van der Waals surface area contributed by atoms with E-state index in [-0.39, 0.29) is 11.9 Å². The molecule has 2 rings (SSSR count). The number of nitrogens with zero attached hydrogens (tertiary/aromatic N) is 1. The minimum atomic E-state index is -0.838. The molecule has 20 heavy (non-hydrogen) atoms. The van der Waals surface area contributed by atoms with Gasteiger partial charge in [0.25, 0.3) is 0 Å². The second-order valence-electron chi connectivity index (χ2n) is 5.32. The van der Waals surface area contributed by atoms with Gasteiger partial charge in [-0.3, -0.25) is 4.79 Å². The number of piperidine rings is 1. The molecule has 0 saturated carbocycles. The molecule has 1 aliphatic heterocycles. The van der Waals surface area contributed by atoms with E-state index in [2.05, 4.69) is 0 Å². The number of halogens is 2. The second kappa shape index (κ2) is 6.79. The fraction of sp³-hybridized carbons (Fsp3) is 0.533. The summed E-state index contributed by atoms with van der Waals surface area (Å²) in [6, 6.07) is 4.09. The van der Waals surface area contributed by atoms with Gasteiger partial charge in [0.05, 0.1) is 0 Å². The fourth-order valence-corrected chi connectivity index (χ4v) is 2.45. The molecule has 0 aromatic heterocycles. The van der Waals surface area contributed by atoms with E-state index < -0.39 is 11.6 Å². The van der Waals surface area contributed by atoms with E-state index in [9.17, 15) is 13.6 Å². The van der Waals surface area contributed by atoms with Gasteiger partial charge < -0.3 is 10.6 Å². The van der Waals surface area contributed by atoms with Crippen molar-refractivity contribution in [2.24, 2.45) is 5.73 Å². The van der Waals surface area contributed by atoms with Crippen molar-refractivity contribution in [3.63, 3.8) is 0 Å². The Bertz CT molecular complexity index is 471. The number of carbonyl (C=O) groups excluding carboxylic acids is 1. The summed E-state index contributed by atoms with van der Waals surface area (Å²) in [5, 5.41) is 0. The summed E-state index contributed by atoms with van der Waals surface area (Å²) in [6.07, 6.45) is 3.38. The summed E-state index contributed by atoms with van der Waals surface area (Å²) in [5.41, 5.74) is 6.52. The molecule has 0 radical (unpaired) electrons. The Morgan fingerprint density at radius 3 is 2.60 bits per heavy atom. The lowest BCUT2D eigenvalue weighted by Gasteiger charge is -2.30. The molecule has 0 atom stereocenters. The summed E-state index contributed by atoms with van der Waals surface area (Å²) in [6.45, 7) is 1.45. The molecule has 0 unspecified atom stereocenters. The van der Waals surface area contributed by atoms with E-state index in [1.165, 1.54) is 6.07 Å². The Labute approximate surface area is 117 Å². The van der Waals surface area contributed by atoms with Gasteiger partial charge in [-0.1, -0.05) is 6.07 Å². The third-order valence-corrected chi connectivity index (χ3v) is 3.73. The molecule has 0 bridgehead atoms. The van der Waals surface area contributed by atoms with Crippen LogP contribution in [0, 0.1) is 11.6 Å². The summed E-state index contributed by atoms with van der Waals surface area (Å²) >= 11 is 0. The highest BCUT2D eigenvalue weighted by Gasteiger charge is 2.19. The Morgan fingerprint density at radius 1 is 1.25 bits per heavy atom. The van der Waals surface area contributed by atoms with Crippen molar-refractivity contribution in [3.8, 4) is 0 Å². The Hall–Kier alpha value is -1.49. The molecule has 0 spiro atoms.